The molecule has 0 unspecified atom stereocenters. The summed E-state index contributed by atoms with van der Waals surface area (Å²) in [6, 6.07) is 13.8. The molecule has 14 heteroatoms. The molecule has 3 aromatic carbocycles. The van der Waals surface area contributed by atoms with E-state index in [1.165, 1.54) is 42.3 Å². The van der Waals surface area contributed by atoms with E-state index in [9.17, 15) is 18.8 Å². The third kappa shape index (κ3) is 8.02. The lowest BCUT2D eigenvalue weighted by Gasteiger charge is -2.25. The Bertz CT molecular complexity index is 2140. The number of rotatable bonds is 13. The van der Waals surface area contributed by atoms with Gasteiger partial charge in [0.15, 0.2) is 34.4 Å². The largest absolute Gasteiger partial charge is 0.493 e. The molecule has 262 valence electrons. The Morgan fingerprint density at radius 2 is 1.80 bits per heavy atom. The summed E-state index contributed by atoms with van der Waals surface area (Å²) in [7, 11) is 2.78. The number of thiazole rings is 1. The van der Waals surface area contributed by atoms with Crippen LogP contribution in [0.3, 0.4) is 0 Å². The molecule has 1 aliphatic heterocycles. The van der Waals surface area contributed by atoms with Gasteiger partial charge in [0.25, 0.3) is 5.56 Å². The normalized spacial score (nSPS) is 14.1. The zero-order valence-corrected chi connectivity index (χ0v) is 30.9. The third-order valence-electron chi connectivity index (χ3n) is 7.50. The summed E-state index contributed by atoms with van der Waals surface area (Å²) in [5.74, 6) is -0.00422. The molecule has 1 aromatic heterocycles. The molecule has 0 radical (unpaired) electrons. The van der Waals surface area contributed by atoms with Gasteiger partial charge in [-0.25, -0.2) is 19.0 Å². The number of methoxy groups -OCH3 is 2. The van der Waals surface area contributed by atoms with Crippen LogP contribution < -0.4 is 33.8 Å². The van der Waals surface area contributed by atoms with Gasteiger partial charge in [0.2, 0.25) is 0 Å². The summed E-state index contributed by atoms with van der Waals surface area (Å²) in [5.41, 5.74) is 2.10. The number of ether oxygens (including phenoxy) is 6. The van der Waals surface area contributed by atoms with Crippen molar-refractivity contribution in [1.29, 1.82) is 0 Å². The van der Waals surface area contributed by atoms with E-state index in [1.54, 1.807) is 63.2 Å². The molecule has 11 nitrogen and oxygen atoms in total. The molecule has 0 N–H and O–H groups in total. The number of carbonyl (C=O) groups is 2. The van der Waals surface area contributed by atoms with Gasteiger partial charge in [0.1, 0.15) is 12.4 Å². The Morgan fingerprint density at radius 3 is 2.50 bits per heavy atom. The summed E-state index contributed by atoms with van der Waals surface area (Å²) in [4.78, 5) is 44.4. The van der Waals surface area contributed by atoms with E-state index in [4.69, 9.17) is 23.7 Å². The van der Waals surface area contributed by atoms with E-state index in [0.29, 0.717) is 58.3 Å². The van der Waals surface area contributed by atoms with Gasteiger partial charge in [-0.15, -0.1) is 0 Å². The molecule has 2 heterocycles. The predicted octanol–water partition coefficient (Wildman–Crippen LogP) is 5.08. The monoisotopic (exact) mass is 816 g/mol. The molecule has 0 amide bonds. The fourth-order valence-electron chi connectivity index (χ4n) is 5.28. The number of allylic oxidation sites excluding steroid dienone is 1. The molecule has 1 aliphatic rings. The van der Waals surface area contributed by atoms with Crippen LogP contribution in [0.1, 0.15) is 43.5 Å². The number of hydrogen-bond acceptors (Lipinski definition) is 11. The molecule has 0 saturated carbocycles. The third-order valence-corrected chi connectivity index (χ3v) is 9.28. The first-order valence-electron chi connectivity index (χ1n) is 15.5. The smallest absolute Gasteiger partial charge is 0.343 e. The van der Waals surface area contributed by atoms with Gasteiger partial charge in [-0.2, -0.15) is 0 Å². The molecular weight excluding hydrogens is 782 g/mol. The van der Waals surface area contributed by atoms with Crippen LogP contribution in [-0.4, -0.2) is 50.5 Å². The molecule has 5 rings (SSSR count). The fourth-order valence-corrected chi connectivity index (χ4v) is 7.11. The highest BCUT2D eigenvalue weighted by Crippen LogP contribution is 2.37. The van der Waals surface area contributed by atoms with E-state index in [2.05, 4.69) is 32.3 Å². The Labute approximate surface area is 304 Å². The van der Waals surface area contributed by atoms with E-state index in [-0.39, 0.29) is 43.4 Å². The second-order valence-corrected chi connectivity index (χ2v) is 12.9. The maximum Gasteiger partial charge on any atom is 0.343 e. The van der Waals surface area contributed by atoms with Crippen molar-refractivity contribution in [2.24, 2.45) is 4.99 Å². The lowest BCUT2D eigenvalue weighted by Crippen LogP contribution is -2.40. The highest BCUT2D eigenvalue weighted by Gasteiger charge is 2.34. The molecule has 0 aliphatic carbocycles. The summed E-state index contributed by atoms with van der Waals surface area (Å²) in [5, 5.41) is 0. The molecule has 1 atom stereocenters. The predicted molar refractivity (Wildman–Crippen MR) is 192 cm³/mol. The minimum atomic E-state index is -0.908. The Hall–Kier alpha value is -4.70. The molecule has 50 heavy (non-hydrogen) atoms. The highest BCUT2D eigenvalue weighted by atomic mass is 127. The van der Waals surface area contributed by atoms with Gasteiger partial charge >= 0.3 is 11.9 Å². The Balaban J connectivity index is 1.58. The second kappa shape index (κ2) is 16.3. The molecule has 0 bridgehead atoms. The number of halogens is 2. The first-order valence-corrected chi connectivity index (χ1v) is 17.4. The van der Waals surface area contributed by atoms with Crippen molar-refractivity contribution in [3.05, 3.63) is 112 Å². The van der Waals surface area contributed by atoms with E-state index < -0.39 is 18.0 Å². The minimum Gasteiger partial charge on any atom is -0.493 e. The standard InChI is InChI=1S/C36H34FIN2O9S/c1-6-46-27-17-23(11-12-26(27)48-19-30(41)45-5)32-31(35(43)47-7-2)20(3)39-36-40(32)34(42)29(50-36)16-22-14-25(38)33(28(15-22)44-4)49-18-21-9-8-10-24(37)13-21/h8-17,32H,6-7,18-19H2,1-5H3/b29-16-/t32-/m1/s1. The van der Waals surface area contributed by atoms with Gasteiger partial charge in [-0.1, -0.05) is 29.5 Å². The maximum atomic E-state index is 14.2. The van der Waals surface area contributed by atoms with Crippen LogP contribution in [0.15, 0.2) is 75.7 Å². The van der Waals surface area contributed by atoms with Gasteiger partial charge in [-0.3, -0.25) is 9.36 Å². The Kier molecular flexibility index (Phi) is 12.0. The van der Waals surface area contributed by atoms with Crippen molar-refractivity contribution in [2.45, 2.75) is 33.4 Å². The minimum absolute atomic E-state index is 0.125. The second-order valence-electron chi connectivity index (χ2n) is 10.8. The van der Waals surface area contributed by atoms with Gasteiger partial charge < -0.3 is 28.4 Å². The average molecular weight is 817 g/mol. The SMILES string of the molecule is CCOC(=O)C1=C(C)N=c2s/c(=C\c3cc(I)c(OCc4cccc(F)c4)c(OC)c3)c(=O)n2[C@@H]1c1ccc(OCC(=O)OC)c(OCC)c1. The number of esters is 2. The van der Waals surface area contributed by atoms with E-state index in [0.717, 1.165) is 0 Å². The molecule has 0 saturated heterocycles. The zero-order valence-electron chi connectivity index (χ0n) is 27.9. The van der Waals surface area contributed by atoms with Crippen molar-refractivity contribution >= 4 is 51.9 Å². The lowest BCUT2D eigenvalue weighted by atomic mass is 9.95. The molecule has 0 spiro atoms. The first kappa shape index (κ1) is 36.6. The number of carbonyl (C=O) groups excluding carboxylic acids is 2. The quantitative estimate of drug-likeness (QED) is 0.134. The number of fused-ring (bicyclic) bond motifs is 1. The number of aromatic nitrogens is 1. The van der Waals surface area contributed by atoms with Crippen LogP contribution in [-0.2, 0) is 25.7 Å². The van der Waals surface area contributed by atoms with E-state index >= 15 is 0 Å². The van der Waals surface area contributed by atoms with Crippen LogP contribution in [0.25, 0.3) is 6.08 Å². The number of nitrogens with zero attached hydrogens (tertiary/aromatic N) is 2. The van der Waals surface area contributed by atoms with Gasteiger partial charge in [0, 0.05) is 0 Å². The fraction of sp³-hybridized carbons (Fsp3) is 0.278. The van der Waals surface area contributed by atoms with Gasteiger partial charge in [0.05, 0.1) is 52.8 Å². The molecule has 0 fully saturated rings. The average Bonchev–Trinajstić information content (AvgIpc) is 3.39. The van der Waals surface area contributed by atoms with Crippen LogP contribution in [0.2, 0.25) is 0 Å². The zero-order chi connectivity index (χ0) is 35.9. The van der Waals surface area contributed by atoms with Crippen LogP contribution in [0, 0.1) is 9.39 Å². The van der Waals surface area contributed by atoms with Crippen molar-refractivity contribution in [3.63, 3.8) is 0 Å². The first-order chi connectivity index (χ1) is 24.1. The van der Waals surface area contributed by atoms with Crippen molar-refractivity contribution in [3.8, 4) is 23.0 Å². The number of benzene rings is 3. The van der Waals surface area contributed by atoms with Crippen molar-refractivity contribution in [1.82, 2.24) is 4.57 Å². The Morgan fingerprint density at radius 1 is 1.00 bits per heavy atom. The molecule has 4 aromatic rings. The van der Waals surface area contributed by atoms with Crippen molar-refractivity contribution in [2.75, 3.05) is 34.0 Å². The van der Waals surface area contributed by atoms with E-state index in [1.807, 2.05) is 6.07 Å². The van der Waals surface area contributed by atoms with Crippen molar-refractivity contribution < 1.29 is 42.4 Å². The lowest BCUT2D eigenvalue weighted by molar-refractivity contribution is -0.143. The molecular formula is C36H34FIN2O9S. The summed E-state index contributed by atoms with van der Waals surface area (Å²) in [6.45, 7) is 5.41. The summed E-state index contributed by atoms with van der Waals surface area (Å²) >= 11 is 3.30. The maximum absolute atomic E-state index is 14.2. The summed E-state index contributed by atoms with van der Waals surface area (Å²) < 4.78 is 49.4. The van der Waals surface area contributed by atoms with Crippen LogP contribution in [0.5, 0.6) is 23.0 Å². The summed E-state index contributed by atoms with van der Waals surface area (Å²) in [6.07, 6.45) is 1.72. The topological polar surface area (TPSA) is 124 Å². The number of hydrogen-bond donors (Lipinski definition) is 0. The van der Waals surface area contributed by atoms with Gasteiger partial charge in [-0.05, 0) is 103 Å². The highest BCUT2D eigenvalue weighted by molar-refractivity contribution is 14.1. The van der Waals surface area contributed by atoms with Crippen LogP contribution in [0.4, 0.5) is 4.39 Å². The van der Waals surface area contributed by atoms with Crippen LogP contribution >= 0.6 is 33.9 Å².